The van der Waals surface area contributed by atoms with Gasteiger partial charge in [0.1, 0.15) is 6.17 Å². The first-order valence-corrected chi connectivity index (χ1v) is 8.70. The van der Waals surface area contributed by atoms with E-state index < -0.39 is 5.54 Å². The van der Waals surface area contributed by atoms with Gasteiger partial charge in [0, 0.05) is 7.11 Å². The zero-order chi connectivity index (χ0) is 15.0. The van der Waals surface area contributed by atoms with Crippen molar-refractivity contribution in [3.63, 3.8) is 0 Å². The van der Waals surface area contributed by atoms with Gasteiger partial charge in [0.2, 0.25) is 5.91 Å². The van der Waals surface area contributed by atoms with Crippen molar-refractivity contribution in [2.45, 2.75) is 63.4 Å². The summed E-state index contributed by atoms with van der Waals surface area (Å²) in [6, 6.07) is 2.30. The number of rotatable bonds is 4. The highest BCUT2D eigenvalue weighted by Gasteiger charge is 2.51. The lowest BCUT2D eigenvalue weighted by Gasteiger charge is -2.33. The average Bonchev–Trinajstić information content (AvgIpc) is 3.20. The Morgan fingerprint density at radius 3 is 2.95 bits per heavy atom. The van der Waals surface area contributed by atoms with Crippen LogP contribution >= 0.6 is 11.3 Å². The quantitative estimate of drug-likeness (QED) is 0.930. The molecule has 1 saturated carbocycles. The fraction of sp³-hybridized carbons (Fsp3) is 0.688. The summed E-state index contributed by atoms with van der Waals surface area (Å²) in [7, 11) is 1.76. The minimum Gasteiger partial charge on any atom is -0.379 e. The van der Waals surface area contributed by atoms with E-state index in [1.54, 1.807) is 18.4 Å². The standard InChI is InChI=1S/C16H24N2O2S/c1-4-16(2)15(19)18(12-6-5-7-13(12)20-3)14(17-16)11-8-9-21-10-11/h8-10,12-14,17H,4-7H2,1-3H3. The third-order valence-electron chi connectivity index (χ3n) is 5.08. The zero-order valence-electron chi connectivity index (χ0n) is 13.0. The fourth-order valence-electron chi connectivity index (χ4n) is 3.60. The minimum absolute atomic E-state index is 0.0190. The molecule has 0 radical (unpaired) electrons. The Kier molecular flexibility index (Phi) is 4.08. The van der Waals surface area contributed by atoms with E-state index in [1.807, 2.05) is 6.92 Å². The molecule has 21 heavy (non-hydrogen) atoms. The average molecular weight is 308 g/mol. The number of nitrogens with zero attached hydrogens (tertiary/aromatic N) is 1. The molecule has 2 aliphatic rings. The smallest absolute Gasteiger partial charge is 0.244 e. The molecule has 1 N–H and O–H groups in total. The number of nitrogens with one attached hydrogen (secondary N) is 1. The number of carbonyl (C=O) groups excluding carboxylic acids is 1. The van der Waals surface area contributed by atoms with E-state index in [-0.39, 0.29) is 24.2 Å². The summed E-state index contributed by atoms with van der Waals surface area (Å²) in [5.74, 6) is 0.218. The van der Waals surface area contributed by atoms with Crippen LogP contribution in [-0.2, 0) is 9.53 Å². The lowest BCUT2D eigenvalue weighted by molar-refractivity contribution is -0.137. The summed E-state index contributed by atoms with van der Waals surface area (Å²) >= 11 is 1.68. The molecule has 1 aromatic rings. The van der Waals surface area contributed by atoms with Gasteiger partial charge in [0.25, 0.3) is 0 Å². The van der Waals surface area contributed by atoms with Gasteiger partial charge in [-0.3, -0.25) is 10.1 Å². The molecule has 3 rings (SSSR count). The summed E-state index contributed by atoms with van der Waals surface area (Å²) in [4.78, 5) is 15.1. The second-order valence-electron chi connectivity index (χ2n) is 6.27. The number of ether oxygens (including phenoxy) is 1. The third kappa shape index (κ3) is 2.41. The van der Waals surface area contributed by atoms with Crippen LogP contribution in [0.15, 0.2) is 16.8 Å². The van der Waals surface area contributed by atoms with Crippen molar-refractivity contribution in [3.05, 3.63) is 22.4 Å². The van der Waals surface area contributed by atoms with Crippen LogP contribution in [-0.4, -0.2) is 35.6 Å². The second kappa shape index (κ2) is 5.71. The van der Waals surface area contributed by atoms with Gasteiger partial charge in [-0.05, 0) is 55.0 Å². The number of amides is 1. The van der Waals surface area contributed by atoms with Crippen LogP contribution in [0.2, 0.25) is 0 Å². The number of methoxy groups -OCH3 is 1. The number of hydrogen-bond acceptors (Lipinski definition) is 4. The first-order chi connectivity index (χ1) is 10.1. The van der Waals surface area contributed by atoms with Gasteiger partial charge in [0.05, 0.1) is 17.7 Å². The van der Waals surface area contributed by atoms with E-state index in [2.05, 4.69) is 34.0 Å². The van der Waals surface area contributed by atoms with Gasteiger partial charge < -0.3 is 9.64 Å². The van der Waals surface area contributed by atoms with E-state index in [9.17, 15) is 4.79 Å². The molecule has 4 unspecified atom stereocenters. The summed E-state index contributed by atoms with van der Waals surface area (Å²) in [5, 5.41) is 7.78. The van der Waals surface area contributed by atoms with Crippen LogP contribution in [0.25, 0.3) is 0 Å². The first kappa shape index (κ1) is 15.0. The maximum absolute atomic E-state index is 13.0. The molecular formula is C16H24N2O2S. The Balaban J connectivity index is 1.95. The van der Waals surface area contributed by atoms with E-state index in [0.717, 1.165) is 25.7 Å². The molecule has 4 atom stereocenters. The molecule has 2 fully saturated rings. The normalized spacial score (nSPS) is 36.6. The molecule has 1 aliphatic heterocycles. The van der Waals surface area contributed by atoms with Gasteiger partial charge in [-0.2, -0.15) is 11.3 Å². The molecular weight excluding hydrogens is 284 g/mol. The fourth-order valence-corrected chi connectivity index (χ4v) is 4.28. The SMILES string of the molecule is CCC1(C)NC(c2ccsc2)N(C2CCCC2OC)C1=O. The van der Waals surface area contributed by atoms with Gasteiger partial charge in [-0.1, -0.05) is 6.92 Å². The van der Waals surface area contributed by atoms with Crippen molar-refractivity contribution in [2.24, 2.45) is 0 Å². The van der Waals surface area contributed by atoms with Crippen LogP contribution < -0.4 is 5.32 Å². The maximum atomic E-state index is 13.0. The van der Waals surface area contributed by atoms with Crippen LogP contribution in [0.5, 0.6) is 0 Å². The van der Waals surface area contributed by atoms with Gasteiger partial charge >= 0.3 is 0 Å². The molecule has 0 bridgehead atoms. The van der Waals surface area contributed by atoms with E-state index in [0.29, 0.717) is 0 Å². The molecule has 1 amide bonds. The topological polar surface area (TPSA) is 41.6 Å². The number of hydrogen-bond donors (Lipinski definition) is 1. The van der Waals surface area contributed by atoms with Gasteiger partial charge in [0.15, 0.2) is 0 Å². The van der Waals surface area contributed by atoms with Crippen LogP contribution in [0.4, 0.5) is 0 Å². The highest BCUT2D eigenvalue weighted by atomic mass is 32.1. The maximum Gasteiger partial charge on any atom is 0.244 e. The molecule has 1 aromatic heterocycles. The van der Waals surface area contributed by atoms with Crippen molar-refractivity contribution in [3.8, 4) is 0 Å². The van der Waals surface area contributed by atoms with Crippen LogP contribution in [0, 0.1) is 0 Å². The Bertz CT molecular complexity index is 504. The monoisotopic (exact) mass is 308 g/mol. The number of carbonyl (C=O) groups is 1. The number of thiophene rings is 1. The molecule has 2 heterocycles. The van der Waals surface area contributed by atoms with E-state index >= 15 is 0 Å². The Morgan fingerprint density at radius 2 is 2.33 bits per heavy atom. The lowest BCUT2D eigenvalue weighted by Crippen LogP contribution is -2.47. The molecule has 116 valence electrons. The molecule has 0 aromatic carbocycles. The molecule has 4 nitrogen and oxygen atoms in total. The van der Waals surface area contributed by atoms with Gasteiger partial charge in [-0.25, -0.2) is 0 Å². The van der Waals surface area contributed by atoms with Crippen molar-refractivity contribution in [1.29, 1.82) is 0 Å². The van der Waals surface area contributed by atoms with Crippen molar-refractivity contribution in [2.75, 3.05) is 7.11 Å². The molecule has 1 aliphatic carbocycles. The second-order valence-corrected chi connectivity index (χ2v) is 7.05. The molecule has 5 heteroatoms. The largest absolute Gasteiger partial charge is 0.379 e. The van der Waals surface area contributed by atoms with Crippen molar-refractivity contribution >= 4 is 17.2 Å². The zero-order valence-corrected chi connectivity index (χ0v) is 13.8. The highest BCUT2D eigenvalue weighted by molar-refractivity contribution is 7.07. The summed E-state index contributed by atoms with van der Waals surface area (Å²) < 4.78 is 5.63. The van der Waals surface area contributed by atoms with Gasteiger partial charge in [-0.15, -0.1) is 0 Å². The summed E-state index contributed by atoms with van der Waals surface area (Å²) in [5.41, 5.74) is 0.722. The molecule has 0 spiro atoms. The minimum atomic E-state index is -0.465. The molecule has 1 saturated heterocycles. The Labute approximate surface area is 130 Å². The first-order valence-electron chi connectivity index (χ1n) is 7.76. The lowest BCUT2D eigenvalue weighted by atomic mass is 9.98. The van der Waals surface area contributed by atoms with E-state index in [1.165, 1.54) is 5.56 Å². The Hall–Kier alpha value is -0.910. The Morgan fingerprint density at radius 1 is 1.52 bits per heavy atom. The predicted octanol–water partition coefficient (Wildman–Crippen LogP) is 2.91. The van der Waals surface area contributed by atoms with Crippen LogP contribution in [0.3, 0.4) is 0 Å². The van der Waals surface area contributed by atoms with Crippen LogP contribution in [0.1, 0.15) is 51.3 Å². The third-order valence-corrected chi connectivity index (χ3v) is 5.79. The van der Waals surface area contributed by atoms with E-state index in [4.69, 9.17) is 4.74 Å². The van der Waals surface area contributed by atoms with Crippen molar-refractivity contribution < 1.29 is 9.53 Å². The predicted molar refractivity (Wildman–Crippen MR) is 84.2 cm³/mol. The van der Waals surface area contributed by atoms with Crippen molar-refractivity contribution in [1.82, 2.24) is 10.2 Å². The summed E-state index contributed by atoms with van der Waals surface area (Å²) in [6.45, 7) is 4.09. The highest BCUT2D eigenvalue weighted by Crippen LogP contribution is 2.39. The summed E-state index contributed by atoms with van der Waals surface area (Å²) in [6.07, 6.45) is 4.15.